The molecule has 3 aliphatic rings. The van der Waals surface area contributed by atoms with Crippen LogP contribution >= 0.6 is 23.2 Å². The lowest BCUT2D eigenvalue weighted by Gasteiger charge is -2.45. The minimum absolute atomic E-state index is 0.0174. The molecule has 2 atom stereocenters. The van der Waals surface area contributed by atoms with Gasteiger partial charge in [0, 0.05) is 23.0 Å². The molecule has 2 heterocycles. The summed E-state index contributed by atoms with van der Waals surface area (Å²) in [6.45, 7) is 1.50. The van der Waals surface area contributed by atoms with Crippen LogP contribution in [0.4, 0.5) is 4.39 Å². The van der Waals surface area contributed by atoms with Gasteiger partial charge < -0.3 is 20.1 Å². The van der Waals surface area contributed by atoms with Gasteiger partial charge in [-0.3, -0.25) is 9.69 Å². The van der Waals surface area contributed by atoms with Gasteiger partial charge in [-0.15, -0.1) is 0 Å². The Bertz CT molecular complexity index is 1480. The molecule has 0 spiro atoms. The third kappa shape index (κ3) is 5.10. The topological polar surface area (TPSA) is 116 Å². The van der Waals surface area contributed by atoms with Gasteiger partial charge in [0.05, 0.1) is 46.6 Å². The number of aromatic nitrogens is 2. The SMILES string of the molecule is CC(O)(c1cc(F)c2c(c1)C(=O)N(Cc1ncc(Cl)cn1)[C@@]2(OC1CC(O)C1)c1ccc(Cl)cc1)C1CCC(O)CC1. The highest BCUT2D eigenvalue weighted by molar-refractivity contribution is 6.30. The minimum Gasteiger partial charge on any atom is -0.393 e. The third-order valence-electron chi connectivity index (χ3n) is 8.98. The highest BCUT2D eigenvalue weighted by atomic mass is 35.5. The first-order valence-corrected chi connectivity index (χ1v) is 14.9. The molecule has 6 rings (SSSR count). The number of carbonyl (C=O) groups excluding carboxylic acids is 1. The van der Waals surface area contributed by atoms with Gasteiger partial charge in [0.15, 0.2) is 0 Å². The molecule has 8 nitrogen and oxygen atoms in total. The normalized spacial score (nSPS) is 28.7. The number of aliphatic hydroxyl groups excluding tert-OH is 2. The second-order valence-corrected chi connectivity index (χ2v) is 12.6. The van der Waals surface area contributed by atoms with E-state index in [1.54, 1.807) is 37.3 Å². The Hall–Kier alpha value is -2.66. The smallest absolute Gasteiger partial charge is 0.257 e. The molecule has 1 unspecified atom stereocenters. The fourth-order valence-electron chi connectivity index (χ4n) is 6.50. The van der Waals surface area contributed by atoms with Gasteiger partial charge in [-0.05, 0) is 81.2 Å². The van der Waals surface area contributed by atoms with Crippen molar-refractivity contribution < 1.29 is 29.2 Å². The van der Waals surface area contributed by atoms with Crippen molar-refractivity contribution in [1.29, 1.82) is 0 Å². The van der Waals surface area contributed by atoms with Crippen molar-refractivity contribution in [2.45, 2.75) is 81.6 Å². The lowest BCUT2D eigenvalue weighted by atomic mass is 9.73. The number of ether oxygens (including phenoxy) is 1. The van der Waals surface area contributed by atoms with E-state index >= 15 is 4.39 Å². The molecule has 2 aromatic carbocycles. The van der Waals surface area contributed by atoms with Crippen molar-refractivity contribution in [2.75, 3.05) is 0 Å². The van der Waals surface area contributed by atoms with Crippen LogP contribution in [0.5, 0.6) is 0 Å². The molecular formula is C31H32Cl2FN3O5. The second kappa shape index (κ2) is 11.1. The van der Waals surface area contributed by atoms with Crippen LogP contribution in [0.25, 0.3) is 0 Å². The summed E-state index contributed by atoms with van der Waals surface area (Å²) in [6, 6.07) is 9.50. The van der Waals surface area contributed by atoms with Crippen LogP contribution < -0.4 is 0 Å². The van der Waals surface area contributed by atoms with E-state index in [1.807, 2.05) is 0 Å². The van der Waals surface area contributed by atoms with Crippen LogP contribution in [0, 0.1) is 11.7 Å². The molecule has 11 heteroatoms. The molecule has 2 aliphatic carbocycles. The molecule has 0 bridgehead atoms. The van der Waals surface area contributed by atoms with E-state index in [-0.39, 0.29) is 35.0 Å². The zero-order valence-electron chi connectivity index (χ0n) is 23.0. The largest absolute Gasteiger partial charge is 0.393 e. The number of hydrogen-bond donors (Lipinski definition) is 3. The number of nitrogens with zero attached hydrogens (tertiary/aromatic N) is 3. The van der Waals surface area contributed by atoms with Crippen LogP contribution in [0.2, 0.25) is 10.0 Å². The molecule has 1 aliphatic heterocycles. The molecule has 3 N–H and O–H groups in total. The molecule has 3 aromatic rings. The van der Waals surface area contributed by atoms with Gasteiger partial charge in [-0.2, -0.15) is 0 Å². The summed E-state index contributed by atoms with van der Waals surface area (Å²) in [6.07, 6.45) is 4.29. The standard InChI is InChI=1S/C31H32Cl2FN3O5/c1-30(41,17-4-8-22(38)9-5-17)19-10-25-28(26(34)11-19)31(42-24-12-23(39)13-24,18-2-6-20(32)7-3-18)37(29(25)40)16-27-35-14-21(33)15-36-27/h2-3,6-7,10-11,14-15,17,22-24,38-39,41H,4-5,8-9,12-13,16H2,1H3/t17?,22?,23?,24?,30?,31-/m1/s1. The zero-order valence-corrected chi connectivity index (χ0v) is 24.5. The summed E-state index contributed by atoms with van der Waals surface area (Å²) in [5.74, 6) is -1.18. The van der Waals surface area contributed by atoms with E-state index in [1.165, 1.54) is 23.4 Å². The lowest BCUT2D eigenvalue weighted by molar-refractivity contribution is -0.191. The first-order valence-electron chi connectivity index (χ1n) is 14.1. The van der Waals surface area contributed by atoms with Gasteiger partial charge in [0.25, 0.3) is 5.91 Å². The monoisotopic (exact) mass is 615 g/mol. The Balaban J connectivity index is 1.52. The van der Waals surface area contributed by atoms with Gasteiger partial charge in [-0.25, -0.2) is 14.4 Å². The van der Waals surface area contributed by atoms with Gasteiger partial charge >= 0.3 is 0 Å². The Kier molecular flexibility index (Phi) is 7.79. The van der Waals surface area contributed by atoms with Crippen molar-refractivity contribution in [1.82, 2.24) is 14.9 Å². The number of benzene rings is 2. The lowest BCUT2D eigenvalue weighted by Crippen LogP contribution is -2.51. The number of halogens is 3. The fraction of sp³-hybridized carbons (Fsp3) is 0.452. The summed E-state index contributed by atoms with van der Waals surface area (Å²) in [4.78, 5) is 24.3. The number of aliphatic hydroxyl groups is 3. The summed E-state index contributed by atoms with van der Waals surface area (Å²) in [5, 5.41) is 32.5. The fourth-order valence-corrected chi connectivity index (χ4v) is 6.72. The predicted octanol–water partition coefficient (Wildman–Crippen LogP) is 5.08. The van der Waals surface area contributed by atoms with E-state index in [2.05, 4.69) is 9.97 Å². The predicted molar refractivity (Wildman–Crippen MR) is 153 cm³/mol. The molecule has 2 saturated carbocycles. The summed E-state index contributed by atoms with van der Waals surface area (Å²) < 4.78 is 23.3. The molecule has 222 valence electrons. The van der Waals surface area contributed by atoms with Crippen molar-refractivity contribution in [3.8, 4) is 0 Å². The highest BCUT2D eigenvalue weighted by Gasteiger charge is 2.57. The molecule has 42 heavy (non-hydrogen) atoms. The van der Waals surface area contributed by atoms with Crippen molar-refractivity contribution >= 4 is 29.1 Å². The van der Waals surface area contributed by atoms with Gasteiger partial charge in [0.2, 0.25) is 5.72 Å². The Labute approximate surface area is 253 Å². The number of amides is 1. The van der Waals surface area contributed by atoms with Crippen molar-refractivity contribution in [3.05, 3.63) is 92.7 Å². The number of rotatable bonds is 7. The van der Waals surface area contributed by atoms with Crippen molar-refractivity contribution in [3.63, 3.8) is 0 Å². The second-order valence-electron chi connectivity index (χ2n) is 11.8. The summed E-state index contributed by atoms with van der Waals surface area (Å²) in [5.41, 5.74) is -2.34. The average molecular weight is 617 g/mol. The number of hydrogen-bond acceptors (Lipinski definition) is 7. The summed E-state index contributed by atoms with van der Waals surface area (Å²) >= 11 is 12.2. The Morgan fingerprint density at radius 3 is 2.29 bits per heavy atom. The Morgan fingerprint density at radius 1 is 1.02 bits per heavy atom. The van der Waals surface area contributed by atoms with Crippen LogP contribution in [0.1, 0.15) is 78.3 Å². The Morgan fingerprint density at radius 2 is 1.67 bits per heavy atom. The van der Waals surface area contributed by atoms with Gasteiger partial charge in [-0.1, -0.05) is 35.3 Å². The summed E-state index contributed by atoms with van der Waals surface area (Å²) in [7, 11) is 0. The third-order valence-corrected chi connectivity index (χ3v) is 9.42. The number of fused-ring (bicyclic) bond motifs is 1. The van der Waals surface area contributed by atoms with Gasteiger partial charge in [0.1, 0.15) is 11.6 Å². The molecule has 0 saturated heterocycles. The van der Waals surface area contributed by atoms with E-state index in [9.17, 15) is 20.1 Å². The van der Waals surface area contributed by atoms with E-state index in [4.69, 9.17) is 27.9 Å². The van der Waals surface area contributed by atoms with E-state index in [0.717, 1.165) is 0 Å². The first kappa shape index (κ1) is 29.4. The quantitative estimate of drug-likeness (QED) is 0.339. The maximum absolute atomic E-state index is 16.6. The van der Waals surface area contributed by atoms with E-state index in [0.29, 0.717) is 54.1 Å². The minimum atomic E-state index is -1.73. The molecule has 1 amide bonds. The maximum Gasteiger partial charge on any atom is 0.257 e. The molecule has 2 fully saturated rings. The molecule has 0 radical (unpaired) electrons. The van der Waals surface area contributed by atoms with Crippen LogP contribution in [-0.4, -0.2) is 54.4 Å². The van der Waals surface area contributed by atoms with Crippen LogP contribution in [0.3, 0.4) is 0 Å². The average Bonchev–Trinajstić information content (AvgIpc) is 3.18. The molecular weight excluding hydrogens is 584 g/mol. The van der Waals surface area contributed by atoms with Crippen LogP contribution in [-0.2, 0) is 22.6 Å². The first-order chi connectivity index (χ1) is 20.0. The highest BCUT2D eigenvalue weighted by Crippen LogP contribution is 2.51. The van der Waals surface area contributed by atoms with Crippen LogP contribution in [0.15, 0.2) is 48.8 Å². The van der Waals surface area contributed by atoms with Crippen molar-refractivity contribution in [2.24, 2.45) is 5.92 Å². The molecule has 1 aromatic heterocycles. The van der Waals surface area contributed by atoms with E-state index < -0.39 is 41.4 Å². The zero-order chi connectivity index (χ0) is 29.8. The number of carbonyl (C=O) groups is 1. The maximum atomic E-state index is 16.6.